The third kappa shape index (κ3) is 2.36. The third-order valence-corrected chi connectivity index (χ3v) is 3.74. The Morgan fingerprint density at radius 3 is 2.52 bits per heavy atom. The van der Waals surface area contributed by atoms with Gasteiger partial charge in [-0.3, -0.25) is 0 Å². The maximum absolute atomic E-state index is 11.4. The first-order valence-electron chi connectivity index (χ1n) is 6.25. The standard InChI is InChI=1S/C16H11BrN2O2/c17-10-6-7-12-11(8-10)13(9-4-2-1-3-5-9)14(18)15(19-12)16(20)21/h1-8H,18H2,(H,20,21). The molecule has 3 N–H and O–H groups in total. The third-order valence-electron chi connectivity index (χ3n) is 3.25. The molecular formula is C16H11BrN2O2. The summed E-state index contributed by atoms with van der Waals surface area (Å²) in [6.45, 7) is 0. The highest BCUT2D eigenvalue weighted by molar-refractivity contribution is 9.10. The first-order chi connectivity index (χ1) is 10.1. The maximum Gasteiger partial charge on any atom is 0.356 e. The number of aromatic carboxylic acids is 1. The fourth-order valence-corrected chi connectivity index (χ4v) is 2.69. The SMILES string of the molecule is Nc1c(C(=O)O)nc2ccc(Br)cc2c1-c1ccccc1. The molecule has 0 aliphatic carbocycles. The number of carboxylic acids is 1. The van der Waals surface area contributed by atoms with Gasteiger partial charge in [0.1, 0.15) is 0 Å². The van der Waals surface area contributed by atoms with E-state index in [2.05, 4.69) is 20.9 Å². The molecule has 0 radical (unpaired) electrons. The van der Waals surface area contributed by atoms with Crippen LogP contribution in [0.25, 0.3) is 22.0 Å². The van der Waals surface area contributed by atoms with Crippen molar-refractivity contribution in [2.75, 3.05) is 5.73 Å². The van der Waals surface area contributed by atoms with Crippen LogP contribution in [-0.2, 0) is 0 Å². The Balaban J connectivity index is 2.46. The number of fused-ring (bicyclic) bond motifs is 1. The Morgan fingerprint density at radius 1 is 1.14 bits per heavy atom. The molecule has 0 aliphatic rings. The lowest BCUT2D eigenvalue weighted by molar-refractivity contribution is 0.0692. The normalized spacial score (nSPS) is 10.7. The van der Waals surface area contributed by atoms with Crippen molar-refractivity contribution in [2.24, 2.45) is 0 Å². The smallest absolute Gasteiger partial charge is 0.356 e. The van der Waals surface area contributed by atoms with Crippen molar-refractivity contribution >= 4 is 38.5 Å². The number of hydrogen-bond donors (Lipinski definition) is 2. The molecule has 0 atom stereocenters. The zero-order valence-electron chi connectivity index (χ0n) is 10.9. The van der Waals surface area contributed by atoms with Crippen molar-refractivity contribution in [1.82, 2.24) is 4.98 Å². The van der Waals surface area contributed by atoms with E-state index >= 15 is 0 Å². The topological polar surface area (TPSA) is 76.2 Å². The van der Waals surface area contributed by atoms with Gasteiger partial charge < -0.3 is 10.8 Å². The van der Waals surface area contributed by atoms with E-state index in [4.69, 9.17) is 5.73 Å². The number of halogens is 1. The van der Waals surface area contributed by atoms with Gasteiger partial charge in [0.2, 0.25) is 0 Å². The Labute approximate surface area is 129 Å². The largest absolute Gasteiger partial charge is 0.476 e. The highest BCUT2D eigenvalue weighted by Crippen LogP contribution is 2.36. The summed E-state index contributed by atoms with van der Waals surface area (Å²) < 4.78 is 0.886. The van der Waals surface area contributed by atoms with Crippen molar-refractivity contribution < 1.29 is 9.90 Å². The molecule has 0 saturated carbocycles. The van der Waals surface area contributed by atoms with Crippen LogP contribution in [0.1, 0.15) is 10.5 Å². The summed E-state index contributed by atoms with van der Waals surface area (Å²) in [5.74, 6) is -1.13. The fourth-order valence-electron chi connectivity index (χ4n) is 2.33. The van der Waals surface area contributed by atoms with Crippen LogP contribution in [0.5, 0.6) is 0 Å². The van der Waals surface area contributed by atoms with E-state index in [9.17, 15) is 9.90 Å². The second-order valence-corrected chi connectivity index (χ2v) is 5.50. The predicted octanol–water partition coefficient (Wildman–Crippen LogP) is 3.94. The lowest BCUT2D eigenvalue weighted by Gasteiger charge is -2.12. The lowest BCUT2D eigenvalue weighted by Crippen LogP contribution is -2.08. The van der Waals surface area contributed by atoms with Crippen molar-refractivity contribution in [3.8, 4) is 11.1 Å². The molecule has 0 amide bonds. The number of nitrogens with zero attached hydrogens (tertiary/aromatic N) is 1. The van der Waals surface area contributed by atoms with Gasteiger partial charge in [-0.25, -0.2) is 9.78 Å². The van der Waals surface area contributed by atoms with Gasteiger partial charge in [-0.2, -0.15) is 0 Å². The van der Waals surface area contributed by atoms with E-state index in [0.29, 0.717) is 11.1 Å². The number of nitrogens with two attached hydrogens (primary N) is 1. The Kier molecular flexibility index (Phi) is 3.35. The molecule has 0 saturated heterocycles. The molecule has 104 valence electrons. The molecule has 0 fully saturated rings. The number of anilines is 1. The molecule has 0 bridgehead atoms. The summed E-state index contributed by atoms with van der Waals surface area (Å²) in [5, 5.41) is 10.1. The summed E-state index contributed by atoms with van der Waals surface area (Å²) in [5.41, 5.74) is 8.29. The lowest BCUT2D eigenvalue weighted by atomic mass is 9.98. The van der Waals surface area contributed by atoms with Crippen molar-refractivity contribution in [3.05, 3.63) is 58.7 Å². The summed E-state index contributed by atoms with van der Waals surface area (Å²) in [7, 11) is 0. The van der Waals surface area contributed by atoms with Crippen LogP contribution in [0.4, 0.5) is 5.69 Å². The van der Waals surface area contributed by atoms with Crippen LogP contribution in [0.15, 0.2) is 53.0 Å². The molecule has 1 heterocycles. The second kappa shape index (κ2) is 5.18. The zero-order valence-corrected chi connectivity index (χ0v) is 12.5. The van der Waals surface area contributed by atoms with E-state index in [-0.39, 0.29) is 11.4 Å². The molecule has 0 aliphatic heterocycles. The molecule has 2 aromatic carbocycles. The van der Waals surface area contributed by atoms with Gasteiger partial charge in [0.25, 0.3) is 0 Å². The van der Waals surface area contributed by atoms with Gasteiger partial charge in [0.05, 0.1) is 11.2 Å². The van der Waals surface area contributed by atoms with Crippen LogP contribution in [0, 0.1) is 0 Å². The quantitative estimate of drug-likeness (QED) is 0.739. The van der Waals surface area contributed by atoms with Gasteiger partial charge in [0, 0.05) is 15.4 Å². The molecule has 4 nitrogen and oxygen atoms in total. The number of carboxylic acid groups (broad SMARTS) is 1. The molecule has 3 aromatic rings. The van der Waals surface area contributed by atoms with E-state index in [0.717, 1.165) is 15.4 Å². The van der Waals surface area contributed by atoms with Gasteiger partial charge in [-0.15, -0.1) is 0 Å². The van der Waals surface area contributed by atoms with Crippen LogP contribution >= 0.6 is 15.9 Å². The minimum Gasteiger partial charge on any atom is -0.476 e. The van der Waals surface area contributed by atoms with Crippen LogP contribution in [-0.4, -0.2) is 16.1 Å². The highest BCUT2D eigenvalue weighted by Gasteiger charge is 2.18. The summed E-state index contributed by atoms with van der Waals surface area (Å²) >= 11 is 3.43. The number of hydrogen-bond acceptors (Lipinski definition) is 3. The van der Waals surface area contributed by atoms with Crippen molar-refractivity contribution in [2.45, 2.75) is 0 Å². The minimum atomic E-state index is -1.13. The minimum absolute atomic E-state index is 0.122. The van der Waals surface area contributed by atoms with Gasteiger partial charge in [-0.1, -0.05) is 46.3 Å². The summed E-state index contributed by atoms with van der Waals surface area (Å²) in [6.07, 6.45) is 0. The zero-order chi connectivity index (χ0) is 15.0. The fraction of sp³-hybridized carbons (Fsp3) is 0. The molecule has 5 heteroatoms. The monoisotopic (exact) mass is 342 g/mol. The summed E-state index contributed by atoms with van der Waals surface area (Å²) in [6, 6.07) is 15.0. The number of rotatable bonds is 2. The van der Waals surface area contributed by atoms with Crippen molar-refractivity contribution in [3.63, 3.8) is 0 Å². The van der Waals surface area contributed by atoms with Gasteiger partial charge in [-0.05, 0) is 23.8 Å². The van der Waals surface area contributed by atoms with E-state index in [1.165, 1.54) is 0 Å². The number of pyridine rings is 1. The second-order valence-electron chi connectivity index (χ2n) is 4.58. The molecule has 21 heavy (non-hydrogen) atoms. The number of carbonyl (C=O) groups is 1. The Bertz CT molecular complexity index is 848. The van der Waals surface area contributed by atoms with Crippen LogP contribution in [0.2, 0.25) is 0 Å². The predicted molar refractivity (Wildman–Crippen MR) is 86.3 cm³/mol. The molecule has 1 aromatic heterocycles. The van der Waals surface area contributed by atoms with Crippen LogP contribution in [0.3, 0.4) is 0 Å². The highest BCUT2D eigenvalue weighted by atomic mass is 79.9. The average molecular weight is 343 g/mol. The first kappa shape index (κ1) is 13.6. The molecule has 0 unspecified atom stereocenters. The van der Waals surface area contributed by atoms with E-state index < -0.39 is 5.97 Å². The van der Waals surface area contributed by atoms with Crippen molar-refractivity contribution in [1.29, 1.82) is 0 Å². The number of nitrogen functional groups attached to an aromatic ring is 1. The Morgan fingerprint density at radius 2 is 1.86 bits per heavy atom. The Hall–Kier alpha value is -2.40. The average Bonchev–Trinajstić information content (AvgIpc) is 2.47. The molecule has 3 rings (SSSR count). The number of benzene rings is 2. The summed E-state index contributed by atoms with van der Waals surface area (Å²) in [4.78, 5) is 15.5. The van der Waals surface area contributed by atoms with E-state index in [1.54, 1.807) is 6.07 Å². The molecular weight excluding hydrogens is 332 g/mol. The number of aromatic nitrogens is 1. The van der Waals surface area contributed by atoms with Crippen LogP contribution < -0.4 is 5.73 Å². The van der Waals surface area contributed by atoms with Gasteiger partial charge >= 0.3 is 5.97 Å². The van der Waals surface area contributed by atoms with Gasteiger partial charge in [0.15, 0.2) is 5.69 Å². The first-order valence-corrected chi connectivity index (χ1v) is 7.04. The maximum atomic E-state index is 11.4. The van der Waals surface area contributed by atoms with E-state index in [1.807, 2.05) is 42.5 Å². The molecule has 0 spiro atoms.